The predicted molar refractivity (Wildman–Crippen MR) is 75.9 cm³/mol. The number of hydrogen-bond donors (Lipinski definition) is 1. The molecule has 0 saturated carbocycles. The van der Waals surface area contributed by atoms with E-state index in [-0.39, 0.29) is 6.61 Å². The molecule has 0 aliphatic heterocycles. The first-order valence-corrected chi connectivity index (χ1v) is 6.26. The van der Waals surface area contributed by atoms with Crippen molar-refractivity contribution in [1.82, 2.24) is 0 Å². The molecular weight excluding hydrogens is 255 g/mol. The van der Waals surface area contributed by atoms with E-state index in [1.54, 1.807) is 6.07 Å². The van der Waals surface area contributed by atoms with E-state index in [1.807, 2.05) is 31.2 Å². The van der Waals surface area contributed by atoms with Crippen LogP contribution < -0.4 is 4.74 Å². The first-order valence-electron chi connectivity index (χ1n) is 6.26. The maximum absolute atomic E-state index is 13.4. The summed E-state index contributed by atoms with van der Waals surface area (Å²) in [6, 6.07) is 12.2. The van der Waals surface area contributed by atoms with Crippen LogP contribution in [0.1, 0.15) is 16.7 Å². The standard InChI is InChI=1S/C17H15FO2/c1-13-4-2-5-15(8-13)12-20-17-10-14(6-3-7-19)9-16(18)11-17/h2,4-5,8-11,19H,7,12H2,1H3. The molecule has 3 heteroatoms. The van der Waals surface area contributed by atoms with Crippen molar-refractivity contribution in [3.05, 3.63) is 65.0 Å². The Labute approximate surface area is 117 Å². The van der Waals surface area contributed by atoms with Gasteiger partial charge in [-0.15, -0.1) is 0 Å². The number of rotatable bonds is 3. The highest BCUT2D eigenvalue weighted by Crippen LogP contribution is 2.17. The van der Waals surface area contributed by atoms with Gasteiger partial charge in [0, 0.05) is 11.6 Å². The molecule has 2 aromatic rings. The van der Waals surface area contributed by atoms with Gasteiger partial charge in [0.15, 0.2) is 0 Å². The third-order valence-corrected chi connectivity index (χ3v) is 2.67. The fourth-order valence-corrected chi connectivity index (χ4v) is 1.83. The Kier molecular flexibility index (Phi) is 4.75. The Balaban J connectivity index is 2.11. The molecular formula is C17H15FO2. The van der Waals surface area contributed by atoms with Crippen molar-refractivity contribution in [2.45, 2.75) is 13.5 Å². The van der Waals surface area contributed by atoms with Gasteiger partial charge in [-0.3, -0.25) is 0 Å². The highest BCUT2D eigenvalue weighted by molar-refractivity contribution is 5.40. The van der Waals surface area contributed by atoms with Crippen LogP contribution in [0.3, 0.4) is 0 Å². The third-order valence-electron chi connectivity index (χ3n) is 2.67. The van der Waals surface area contributed by atoms with Gasteiger partial charge in [0.1, 0.15) is 24.8 Å². The average molecular weight is 270 g/mol. The van der Waals surface area contributed by atoms with Crippen molar-refractivity contribution in [2.24, 2.45) is 0 Å². The van der Waals surface area contributed by atoms with Gasteiger partial charge in [-0.1, -0.05) is 41.7 Å². The molecule has 102 valence electrons. The Hall–Kier alpha value is -2.31. The monoisotopic (exact) mass is 270 g/mol. The summed E-state index contributed by atoms with van der Waals surface area (Å²) < 4.78 is 19.0. The predicted octanol–water partition coefficient (Wildman–Crippen LogP) is 3.06. The molecule has 2 nitrogen and oxygen atoms in total. The minimum Gasteiger partial charge on any atom is -0.489 e. The molecule has 0 bridgehead atoms. The zero-order valence-electron chi connectivity index (χ0n) is 11.2. The van der Waals surface area contributed by atoms with Crippen molar-refractivity contribution < 1.29 is 14.2 Å². The molecule has 0 unspecified atom stereocenters. The number of hydrogen-bond acceptors (Lipinski definition) is 2. The second-order valence-corrected chi connectivity index (χ2v) is 4.41. The maximum atomic E-state index is 13.4. The minimum atomic E-state index is -0.408. The van der Waals surface area contributed by atoms with Crippen molar-refractivity contribution >= 4 is 0 Å². The van der Waals surface area contributed by atoms with Crippen LogP contribution in [0.4, 0.5) is 4.39 Å². The minimum absolute atomic E-state index is 0.254. The van der Waals surface area contributed by atoms with Crippen molar-refractivity contribution in [1.29, 1.82) is 0 Å². The fourth-order valence-electron chi connectivity index (χ4n) is 1.83. The van der Waals surface area contributed by atoms with Gasteiger partial charge < -0.3 is 9.84 Å². The average Bonchev–Trinajstić information content (AvgIpc) is 2.42. The lowest BCUT2D eigenvalue weighted by molar-refractivity contribution is 0.304. The second kappa shape index (κ2) is 6.74. The van der Waals surface area contributed by atoms with Gasteiger partial charge in [0.25, 0.3) is 0 Å². The van der Waals surface area contributed by atoms with Gasteiger partial charge in [-0.25, -0.2) is 4.39 Å². The quantitative estimate of drug-likeness (QED) is 0.869. The van der Waals surface area contributed by atoms with E-state index in [0.717, 1.165) is 11.1 Å². The van der Waals surface area contributed by atoms with Crippen molar-refractivity contribution in [3.63, 3.8) is 0 Å². The molecule has 0 amide bonds. The lowest BCUT2D eigenvalue weighted by atomic mass is 10.1. The molecule has 0 spiro atoms. The highest BCUT2D eigenvalue weighted by Gasteiger charge is 2.01. The molecule has 0 saturated heterocycles. The summed E-state index contributed by atoms with van der Waals surface area (Å²) in [5.74, 6) is 5.16. The van der Waals surface area contributed by atoms with E-state index in [9.17, 15) is 4.39 Å². The second-order valence-electron chi connectivity index (χ2n) is 4.41. The lowest BCUT2D eigenvalue weighted by Gasteiger charge is -2.07. The fraction of sp³-hybridized carbons (Fsp3) is 0.176. The van der Waals surface area contributed by atoms with Gasteiger partial charge in [-0.05, 0) is 24.6 Å². The molecule has 0 atom stereocenters. The first-order chi connectivity index (χ1) is 9.67. The number of ether oxygens (including phenoxy) is 1. The van der Waals surface area contributed by atoms with Crippen molar-refractivity contribution in [3.8, 4) is 17.6 Å². The van der Waals surface area contributed by atoms with E-state index >= 15 is 0 Å². The molecule has 0 aliphatic rings. The SMILES string of the molecule is Cc1cccc(COc2cc(F)cc(C#CCO)c2)c1. The zero-order valence-corrected chi connectivity index (χ0v) is 11.2. The topological polar surface area (TPSA) is 29.5 Å². The number of halogens is 1. The zero-order chi connectivity index (χ0) is 14.4. The normalized spacial score (nSPS) is 9.75. The summed E-state index contributed by atoms with van der Waals surface area (Å²) in [7, 11) is 0. The van der Waals surface area contributed by atoms with Crippen LogP contribution in [0.5, 0.6) is 5.75 Å². The molecule has 0 fully saturated rings. The van der Waals surface area contributed by atoms with Crippen LogP contribution in [-0.2, 0) is 6.61 Å². The third kappa shape index (κ3) is 4.11. The number of aliphatic hydroxyl groups is 1. The number of aryl methyl sites for hydroxylation is 1. The lowest BCUT2D eigenvalue weighted by Crippen LogP contribution is -1.96. The summed E-state index contributed by atoms with van der Waals surface area (Å²) >= 11 is 0. The largest absolute Gasteiger partial charge is 0.489 e. The molecule has 0 aliphatic carbocycles. The van der Waals surface area contributed by atoms with Gasteiger partial charge in [0.2, 0.25) is 0 Å². The Morgan fingerprint density at radius 1 is 1.20 bits per heavy atom. The van der Waals surface area contributed by atoms with E-state index in [2.05, 4.69) is 11.8 Å². The van der Waals surface area contributed by atoms with Crippen LogP contribution >= 0.6 is 0 Å². The Morgan fingerprint density at radius 3 is 2.80 bits per heavy atom. The molecule has 20 heavy (non-hydrogen) atoms. The van der Waals surface area contributed by atoms with Gasteiger partial charge in [-0.2, -0.15) is 0 Å². The van der Waals surface area contributed by atoms with Crippen molar-refractivity contribution in [2.75, 3.05) is 6.61 Å². The molecule has 0 heterocycles. The Bertz CT molecular complexity index is 654. The number of aliphatic hydroxyl groups excluding tert-OH is 1. The smallest absolute Gasteiger partial charge is 0.128 e. The van der Waals surface area contributed by atoms with Gasteiger partial charge in [0.05, 0.1) is 0 Å². The molecule has 2 rings (SSSR count). The molecule has 0 aromatic heterocycles. The molecule has 2 aromatic carbocycles. The molecule has 1 N–H and O–H groups in total. The van der Waals surface area contributed by atoms with E-state index in [0.29, 0.717) is 17.9 Å². The maximum Gasteiger partial charge on any atom is 0.128 e. The van der Waals surface area contributed by atoms with Crippen LogP contribution in [-0.4, -0.2) is 11.7 Å². The van der Waals surface area contributed by atoms with Gasteiger partial charge >= 0.3 is 0 Å². The van der Waals surface area contributed by atoms with Crippen LogP contribution in [0.2, 0.25) is 0 Å². The summed E-state index contributed by atoms with van der Waals surface area (Å²) in [6.45, 7) is 2.13. The summed E-state index contributed by atoms with van der Waals surface area (Å²) in [5.41, 5.74) is 2.66. The first kappa shape index (κ1) is 14.1. The van der Waals surface area contributed by atoms with Crippen LogP contribution in [0, 0.1) is 24.6 Å². The van der Waals surface area contributed by atoms with E-state index in [4.69, 9.17) is 9.84 Å². The summed E-state index contributed by atoms with van der Waals surface area (Å²) in [5, 5.41) is 8.65. The summed E-state index contributed by atoms with van der Waals surface area (Å²) in [4.78, 5) is 0. The Morgan fingerprint density at radius 2 is 2.05 bits per heavy atom. The summed E-state index contributed by atoms with van der Waals surface area (Å²) in [6.07, 6.45) is 0. The molecule has 0 radical (unpaired) electrons. The highest BCUT2D eigenvalue weighted by atomic mass is 19.1. The number of benzene rings is 2. The van der Waals surface area contributed by atoms with Crippen LogP contribution in [0.15, 0.2) is 42.5 Å². The van der Waals surface area contributed by atoms with Crippen LogP contribution in [0.25, 0.3) is 0 Å². The van der Waals surface area contributed by atoms with E-state index < -0.39 is 5.82 Å². The van der Waals surface area contributed by atoms with E-state index in [1.165, 1.54) is 12.1 Å².